The Morgan fingerprint density at radius 1 is 1.31 bits per heavy atom. The molecule has 68 valence electrons. The van der Waals surface area contributed by atoms with E-state index < -0.39 is 0 Å². The third-order valence-corrected chi connectivity index (χ3v) is 1.92. The van der Waals surface area contributed by atoms with Crippen molar-refractivity contribution in [2.24, 2.45) is 0 Å². The molecule has 0 aliphatic carbocycles. The van der Waals surface area contributed by atoms with Gasteiger partial charge < -0.3 is 5.32 Å². The molecule has 0 radical (unpaired) electrons. The highest BCUT2D eigenvalue weighted by Gasteiger charge is 2.05. The smallest absolute Gasteiger partial charge is 0.222 e. The minimum Gasteiger partial charge on any atom is -0.357 e. The second-order valence-corrected chi connectivity index (χ2v) is 2.83. The summed E-state index contributed by atoms with van der Waals surface area (Å²) in [5.41, 5.74) is 2.96. The van der Waals surface area contributed by atoms with Crippen LogP contribution in [0.25, 0.3) is 0 Å². The van der Waals surface area contributed by atoms with Gasteiger partial charge in [0.05, 0.1) is 0 Å². The SMILES string of the molecule is C#CCc1c(C)nc(NC)nc1C. The molecule has 0 atom stereocenters. The summed E-state index contributed by atoms with van der Waals surface area (Å²) in [6, 6.07) is 0. The quantitative estimate of drug-likeness (QED) is 0.689. The summed E-state index contributed by atoms with van der Waals surface area (Å²) in [6.45, 7) is 3.89. The van der Waals surface area contributed by atoms with Gasteiger partial charge in [-0.15, -0.1) is 12.3 Å². The van der Waals surface area contributed by atoms with Crippen molar-refractivity contribution >= 4 is 5.95 Å². The number of nitrogens with zero attached hydrogens (tertiary/aromatic N) is 2. The highest BCUT2D eigenvalue weighted by atomic mass is 15.1. The average Bonchev–Trinajstić information content (AvgIpc) is 2.11. The Morgan fingerprint density at radius 3 is 2.23 bits per heavy atom. The van der Waals surface area contributed by atoms with E-state index in [-0.39, 0.29) is 0 Å². The predicted octanol–water partition coefficient (Wildman–Crippen LogP) is 1.31. The largest absolute Gasteiger partial charge is 0.357 e. The van der Waals surface area contributed by atoms with Crippen molar-refractivity contribution in [3.05, 3.63) is 17.0 Å². The van der Waals surface area contributed by atoms with Crippen LogP contribution < -0.4 is 5.32 Å². The second kappa shape index (κ2) is 3.90. The number of anilines is 1. The fourth-order valence-corrected chi connectivity index (χ4v) is 1.21. The number of hydrogen-bond acceptors (Lipinski definition) is 3. The number of aromatic nitrogens is 2. The van der Waals surface area contributed by atoms with E-state index in [1.54, 1.807) is 7.05 Å². The third-order valence-electron chi connectivity index (χ3n) is 1.92. The highest BCUT2D eigenvalue weighted by molar-refractivity contribution is 5.35. The van der Waals surface area contributed by atoms with Gasteiger partial charge in [0.15, 0.2) is 0 Å². The summed E-state index contributed by atoms with van der Waals surface area (Å²) in [5, 5.41) is 2.90. The van der Waals surface area contributed by atoms with Crippen LogP contribution in [0.15, 0.2) is 0 Å². The number of aryl methyl sites for hydroxylation is 2. The molecule has 1 aromatic rings. The van der Waals surface area contributed by atoms with Crippen molar-refractivity contribution in [1.82, 2.24) is 9.97 Å². The van der Waals surface area contributed by atoms with Gasteiger partial charge in [0.1, 0.15) is 0 Å². The first-order chi connectivity index (χ1) is 6.19. The van der Waals surface area contributed by atoms with Crippen LogP contribution in [0.1, 0.15) is 17.0 Å². The molecule has 0 saturated carbocycles. The molecule has 0 fully saturated rings. The third kappa shape index (κ3) is 1.97. The molecule has 0 aliphatic rings. The monoisotopic (exact) mass is 175 g/mol. The number of nitrogens with one attached hydrogen (secondary N) is 1. The van der Waals surface area contributed by atoms with Crippen LogP contribution in [-0.4, -0.2) is 17.0 Å². The molecule has 0 aromatic carbocycles. The Bertz CT molecular complexity index is 327. The number of terminal acetylenes is 1. The van der Waals surface area contributed by atoms with Crippen molar-refractivity contribution in [3.63, 3.8) is 0 Å². The number of hydrogen-bond donors (Lipinski definition) is 1. The lowest BCUT2D eigenvalue weighted by Crippen LogP contribution is -2.04. The van der Waals surface area contributed by atoms with Crippen LogP contribution in [0, 0.1) is 26.2 Å². The predicted molar refractivity (Wildman–Crippen MR) is 53.6 cm³/mol. The first-order valence-corrected chi connectivity index (χ1v) is 4.14. The molecule has 0 aliphatic heterocycles. The standard InChI is InChI=1S/C10H13N3/c1-5-6-9-7(2)12-10(11-4)13-8(9)3/h1H,6H2,2-4H3,(H,11,12,13). The molecule has 13 heavy (non-hydrogen) atoms. The lowest BCUT2D eigenvalue weighted by molar-refractivity contribution is 0.993. The molecule has 1 aromatic heterocycles. The fraction of sp³-hybridized carbons (Fsp3) is 0.400. The van der Waals surface area contributed by atoms with Gasteiger partial charge in [-0.3, -0.25) is 0 Å². The van der Waals surface area contributed by atoms with E-state index in [4.69, 9.17) is 6.42 Å². The van der Waals surface area contributed by atoms with Crippen LogP contribution in [0.5, 0.6) is 0 Å². The van der Waals surface area contributed by atoms with Crippen LogP contribution in [-0.2, 0) is 6.42 Å². The lowest BCUT2D eigenvalue weighted by atomic mass is 10.1. The molecular formula is C10H13N3. The van der Waals surface area contributed by atoms with E-state index in [0.717, 1.165) is 17.0 Å². The summed E-state index contributed by atoms with van der Waals surface area (Å²) in [5.74, 6) is 3.25. The van der Waals surface area contributed by atoms with Crippen molar-refractivity contribution in [2.45, 2.75) is 20.3 Å². The highest BCUT2D eigenvalue weighted by Crippen LogP contribution is 2.12. The minimum atomic E-state index is 0.599. The topological polar surface area (TPSA) is 37.8 Å². The fourth-order valence-electron chi connectivity index (χ4n) is 1.21. The van der Waals surface area contributed by atoms with Gasteiger partial charge in [-0.05, 0) is 13.8 Å². The van der Waals surface area contributed by atoms with Crippen LogP contribution in [0.4, 0.5) is 5.95 Å². The molecule has 0 spiro atoms. The molecule has 1 heterocycles. The normalized spacial score (nSPS) is 9.38. The molecule has 0 amide bonds. The molecule has 0 unspecified atom stereocenters. The van der Waals surface area contributed by atoms with E-state index in [1.165, 1.54) is 0 Å². The average molecular weight is 175 g/mol. The maximum absolute atomic E-state index is 5.25. The van der Waals surface area contributed by atoms with Crippen LogP contribution in [0.3, 0.4) is 0 Å². The van der Waals surface area contributed by atoms with E-state index in [9.17, 15) is 0 Å². The second-order valence-electron chi connectivity index (χ2n) is 2.83. The summed E-state index contributed by atoms with van der Waals surface area (Å²) in [7, 11) is 1.80. The van der Waals surface area contributed by atoms with Gasteiger partial charge in [-0.2, -0.15) is 0 Å². The minimum absolute atomic E-state index is 0.599. The van der Waals surface area contributed by atoms with Gasteiger partial charge in [0, 0.05) is 30.4 Å². The number of rotatable bonds is 2. The van der Waals surface area contributed by atoms with Gasteiger partial charge in [0.2, 0.25) is 5.95 Å². The summed E-state index contributed by atoms with van der Waals surface area (Å²) < 4.78 is 0. The van der Waals surface area contributed by atoms with Gasteiger partial charge in [0.25, 0.3) is 0 Å². The zero-order chi connectivity index (χ0) is 9.84. The van der Waals surface area contributed by atoms with E-state index >= 15 is 0 Å². The van der Waals surface area contributed by atoms with Crippen molar-refractivity contribution in [3.8, 4) is 12.3 Å². The zero-order valence-electron chi connectivity index (χ0n) is 8.18. The first kappa shape index (κ1) is 9.53. The van der Waals surface area contributed by atoms with Crippen molar-refractivity contribution in [1.29, 1.82) is 0 Å². The van der Waals surface area contributed by atoms with E-state index in [0.29, 0.717) is 12.4 Å². The maximum Gasteiger partial charge on any atom is 0.222 e. The zero-order valence-corrected chi connectivity index (χ0v) is 8.18. The van der Waals surface area contributed by atoms with Gasteiger partial charge >= 0.3 is 0 Å². The molecular weight excluding hydrogens is 162 g/mol. The van der Waals surface area contributed by atoms with Crippen molar-refractivity contribution < 1.29 is 0 Å². The molecule has 3 heteroatoms. The van der Waals surface area contributed by atoms with E-state index in [2.05, 4.69) is 21.2 Å². The first-order valence-electron chi connectivity index (χ1n) is 4.14. The van der Waals surface area contributed by atoms with E-state index in [1.807, 2.05) is 13.8 Å². The molecule has 0 saturated heterocycles. The summed E-state index contributed by atoms with van der Waals surface area (Å²) in [6.07, 6.45) is 5.85. The Labute approximate surface area is 78.6 Å². The Morgan fingerprint density at radius 2 is 1.85 bits per heavy atom. The Hall–Kier alpha value is -1.56. The molecule has 0 bridgehead atoms. The van der Waals surface area contributed by atoms with Crippen molar-refractivity contribution in [2.75, 3.05) is 12.4 Å². The Balaban J connectivity index is 3.16. The Kier molecular flexibility index (Phi) is 2.86. The summed E-state index contributed by atoms with van der Waals surface area (Å²) in [4.78, 5) is 8.51. The van der Waals surface area contributed by atoms with Crippen LogP contribution >= 0.6 is 0 Å². The molecule has 1 rings (SSSR count). The van der Waals surface area contributed by atoms with Gasteiger partial charge in [-0.1, -0.05) is 0 Å². The lowest BCUT2D eigenvalue weighted by Gasteiger charge is -2.07. The molecule has 1 N–H and O–H groups in total. The maximum atomic E-state index is 5.25. The summed E-state index contributed by atoms with van der Waals surface area (Å²) >= 11 is 0. The van der Waals surface area contributed by atoms with Gasteiger partial charge in [-0.25, -0.2) is 9.97 Å². The molecule has 3 nitrogen and oxygen atoms in total. The van der Waals surface area contributed by atoms with Crippen LogP contribution in [0.2, 0.25) is 0 Å².